The Labute approximate surface area is 139 Å². The molecule has 0 fully saturated rings. The maximum Gasteiger partial charge on any atom is 0.418 e. The van der Waals surface area contributed by atoms with Gasteiger partial charge in [0.05, 0.1) is 22.7 Å². The fraction of sp³-hybridized carbons (Fsp3) is 0.125. The van der Waals surface area contributed by atoms with Crippen molar-refractivity contribution >= 4 is 35.1 Å². The second-order valence-electron chi connectivity index (χ2n) is 4.96. The molecule has 0 saturated carbocycles. The van der Waals surface area contributed by atoms with Gasteiger partial charge in [0.2, 0.25) is 5.91 Å². The zero-order valence-corrected chi connectivity index (χ0v) is 12.9. The highest BCUT2D eigenvalue weighted by Gasteiger charge is 2.35. The third-order valence-electron chi connectivity index (χ3n) is 3.38. The van der Waals surface area contributed by atoms with Gasteiger partial charge in [-0.1, -0.05) is 24.3 Å². The first kappa shape index (κ1) is 16.4. The fourth-order valence-corrected chi connectivity index (χ4v) is 3.23. The lowest BCUT2D eigenvalue weighted by Crippen LogP contribution is -2.43. The van der Waals surface area contributed by atoms with Crippen LogP contribution in [0.25, 0.3) is 0 Å². The van der Waals surface area contributed by atoms with Crippen molar-refractivity contribution in [3.63, 3.8) is 0 Å². The molecule has 0 unspecified atom stereocenters. The molecule has 124 valence electrons. The molecule has 0 atom stereocenters. The van der Waals surface area contributed by atoms with E-state index in [0.29, 0.717) is 5.69 Å². The zero-order chi connectivity index (χ0) is 17.3. The fourth-order valence-electron chi connectivity index (χ4n) is 2.34. The maximum atomic E-state index is 13.0. The molecule has 1 heterocycles. The van der Waals surface area contributed by atoms with E-state index >= 15 is 0 Å². The predicted molar refractivity (Wildman–Crippen MR) is 85.1 cm³/mol. The predicted octanol–water partition coefficient (Wildman–Crippen LogP) is 4.38. The number of carbonyl (C=O) groups is 2. The van der Waals surface area contributed by atoms with Crippen molar-refractivity contribution in [3.05, 3.63) is 54.1 Å². The molecular formula is C16H11F3N2O2S. The summed E-state index contributed by atoms with van der Waals surface area (Å²) in [6.45, 7) is 0. The Balaban J connectivity index is 1.93. The van der Waals surface area contributed by atoms with E-state index in [1.54, 1.807) is 24.3 Å². The molecule has 8 heteroatoms. The summed E-state index contributed by atoms with van der Waals surface area (Å²) >= 11 is 1.28. The topological polar surface area (TPSA) is 49.4 Å². The Morgan fingerprint density at radius 3 is 2.50 bits per heavy atom. The minimum atomic E-state index is -4.61. The monoisotopic (exact) mass is 352 g/mol. The number of para-hydroxylation sites is 2. The average molecular weight is 352 g/mol. The van der Waals surface area contributed by atoms with Crippen LogP contribution in [0.15, 0.2) is 53.4 Å². The third-order valence-corrected chi connectivity index (χ3v) is 4.43. The molecular weight excluding hydrogens is 341 g/mol. The number of alkyl halides is 3. The number of hydrogen-bond donors (Lipinski definition) is 1. The number of anilines is 2. The van der Waals surface area contributed by atoms with Crippen LogP contribution < -0.4 is 10.2 Å². The number of nitrogens with zero attached hydrogens (tertiary/aromatic N) is 1. The molecule has 2 aromatic rings. The number of halogens is 3. The molecule has 0 spiro atoms. The number of urea groups is 1. The van der Waals surface area contributed by atoms with Crippen LogP contribution in [0, 0.1) is 0 Å². The number of thioether (sulfide) groups is 1. The third kappa shape index (κ3) is 3.09. The van der Waals surface area contributed by atoms with Crippen LogP contribution >= 0.6 is 11.8 Å². The Morgan fingerprint density at radius 2 is 1.75 bits per heavy atom. The van der Waals surface area contributed by atoms with E-state index in [0.717, 1.165) is 21.9 Å². The van der Waals surface area contributed by atoms with Crippen molar-refractivity contribution in [3.8, 4) is 0 Å². The van der Waals surface area contributed by atoms with Crippen molar-refractivity contribution in [2.24, 2.45) is 0 Å². The van der Waals surface area contributed by atoms with Gasteiger partial charge in [-0.25, -0.2) is 9.69 Å². The standard InChI is InChI=1S/C16H11F3N2O2S/c17-16(18,19)10-5-1-2-6-11(10)20-15(23)21-12-7-3-4-8-13(12)24-9-14(21)22/h1-8H,9H2,(H,20,23). The number of fused-ring (bicyclic) bond motifs is 1. The molecule has 0 radical (unpaired) electrons. The number of benzene rings is 2. The van der Waals surface area contributed by atoms with Crippen molar-refractivity contribution in [2.75, 3.05) is 16.0 Å². The van der Waals surface area contributed by atoms with Gasteiger partial charge in [0.15, 0.2) is 0 Å². The molecule has 0 aliphatic carbocycles. The maximum absolute atomic E-state index is 13.0. The normalized spacial score (nSPS) is 14.3. The number of nitrogens with one attached hydrogen (secondary N) is 1. The SMILES string of the molecule is O=C1CSc2ccccc2N1C(=O)Nc1ccccc1C(F)(F)F. The highest BCUT2D eigenvalue weighted by molar-refractivity contribution is 8.00. The first-order chi connectivity index (χ1) is 11.4. The molecule has 2 aromatic carbocycles. The van der Waals surface area contributed by atoms with Gasteiger partial charge in [-0.15, -0.1) is 11.8 Å². The van der Waals surface area contributed by atoms with E-state index in [-0.39, 0.29) is 5.75 Å². The molecule has 24 heavy (non-hydrogen) atoms. The van der Waals surface area contributed by atoms with Crippen molar-refractivity contribution < 1.29 is 22.8 Å². The molecule has 4 nitrogen and oxygen atoms in total. The van der Waals surface area contributed by atoms with E-state index in [1.807, 2.05) is 0 Å². The summed E-state index contributed by atoms with van der Waals surface area (Å²) in [5.41, 5.74) is -0.996. The molecule has 1 aliphatic heterocycles. The van der Waals surface area contributed by atoms with E-state index in [9.17, 15) is 22.8 Å². The van der Waals surface area contributed by atoms with Crippen LogP contribution in [-0.4, -0.2) is 17.7 Å². The quantitative estimate of drug-likeness (QED) is 0.829. The van der Waals surface area contributed by atoms with E-state index in [1.165, 1.54) is 23.9 Å². The minimum Gasteiger partial charge on any atom is -0.307 e. The van der Waals surface area contributed by atoms with Crippen LogP contribution in [0.2, 0.25) is 0 Å². The van der Waals surface area contributed by atoms with Gasteiger partial charge in [0, 0.05) is 4.90 Å². The Hall–Kier alpha value is -2.48. The summed E-state index contributed by atoms with van der Waals surface area (Å²) in [7, 11) is 0. The number of rotatable bonds is 1. The lowest BCUT2D eigenvalue weighted by molar-refractivity contribution is -0.136. The number of imide groups is 1. The number of carbonyl (C=O) groups excluding carboxylic acids is 2. The van der Waals surface area contributed by atoms with Crippen LogP contribution in [0.3, 0.4) is 0 Å². The van der Waals surface area contributed by atoms with E-state index in [2.05, 4.69) is 5.32 Å². The van der Waals surface area contributed by atoms with Gasteiger partial charge >= 0.3 is 12.2 Å². The van der Waals surface area contributed by atoms with Crippen molar-refractivity contribution in [1.82, 2.24) is 0 Å². The smallest absolute Gasteiger partial charge is 0.307 e. The largest absolute Gasteiger partial charge is 0.418 e. The molecule has 0 bridgehead atoms. The van der Waals surface area contributed by atoms with Crippen molar-refractivity contribution in [2.45, 2.75) is 11.1 Å². The van der Waals surface area contributed by atoms with Crippen LogP contribution in [0.1, 0.15) is 5.56 Å². The summed E-state index contributed by atoms with van der Waals surface area (Å²) in [6, 6.07) is 10.5. The Kier molecular flexibility index (Phi) is 4.23. The highest BCUT2D eigenvalue weighted by Crippen LogP contribution is 2.37. The molecule has 1 N–H and O–H groups in total. The Bertz CT molecular complexity index is 808. The molecule has 1 aliphatic rings. The summed E-state index contributed by atoms with van der Waals surface area (Å²) in [4.78, 5) is 26.1. The first-order valence-corrected chi connectivity index (χ1v) is 7.88. The van der Waals surface area contributed by atoms with E-state index < -0.39 is 29.4 Å². The van der Waals surface area contributed by atoms with Gasteiger partial charge in [-0.05, 0) is 24.3 Å². The zero-order valence-electron chi connectivity index (χ0n) is 12.1. The summed E-state index contributed by atoms with van der Waals surface area (Å²) in [6.07, 6.45) is -4.61. The molecule has 3 rings (SSSR count). The molecule has 0 saturated heterocycles. The van der Waals surface area contributed by atoms with Crippen LogP contribution in [-0.2, 0) is 11.0 Å². The second kappa shape index (κ2) is 6.20. The van der Waals surface area contributed by atoms with Gasteiger partial charge < -0.3 is 5.32 Å². The highest BCUT2D eigenvalue weighted by atomic mass is 32.2. The lowest BCUT2D eigenvalue weighted by atomic mass is 10.1. The van der Waals surface area contributed by atoms with Gasteiger partial charge in [-0.2, -0.15) is 13.2 Å². The van der Waals surface area contributed by atoms with Gasteiger partial charge in [-0.3, -0.25) is 4.79 Å². The van der Waals surface area contributed by atoms with Gasteiger partial charge in [0.25, 0.3) is 0 Å². The van der Waals surface area contributed by atoms with Crippen LogP contribution in [0.4, 0.5) is 29.3 Å². The summed E-state index contributed by atoms with van der Waals surface area (Å²) < 4.78 is 39.1. The van der Waals surface area contributed by atoms with Crippen molar-refractivity contribution in [1.29, 1.82) is 0 Å². The lowest BCUT2D eigenvalue weighted by Gasteiger charge is -2.27. The number of hydrogen-bond acceptors (Lipinski definition) is 3. The minimum absolute atomic E-state index is 0.0470. The van der Waals surface area contributed by atoms with Gasteiger partial charge in [0.1, 0.15) is 0 Å². The first-order valence-electron chi connectivity index (χ1n) is 6.90. The van der Waals surface area contributed by atoms with Crippen LogP contribution in [0.5, 0.6) is 0 Å². The summed E-state index contributed by atoms with van der Waals surface area (Å²) in [5, 5.41) is 2.19. The summed E-state index contributed by atoms with van der Waals surface area (Å²) in [5.74, 6) is -0.438. The molecule has 0 aromatic heterocycles. The Morgan fingerprint density at radius 1 is 1.08 bits per heavy atom. The second-order valence-corrected chi connectivity index (χ2v) is 5.98. The molecule has 3 amide bonds. The van der Waals surface area contributed by atoms with E-state index in [4.69, 9.17) is 0 Å². The number of amides is 3. The average Bonchev–Trinajstić information content (AvgIpc) is 2.54.